The quantitative estimate of drug-likeness (QED) is 0.358. The summed E-state index contributed by atoms with van der Waals surface area (Å²) in [6.45, 7) is 3.57. The van der Waals surface area contributed by atoms with E-state index in [1.165, 1.54) is 11.1 Å². The van der Waals surface area contributed by atoms with Crippen LogP contribution in [0.2, 0.25) is 0 Å². The monoisotopic (exact) mass is 400 g/mol. The van der Waals surface area contributed by atoms with Gasteiger partial charge in [0.15, 0.2) is 5.58 Å². The number of ether oxygens (including phenoxy) is 1. The van der Waals surface area contributed by atoms with Crippen LogP contribution in [0.5, 0.6) is 5.75 Å². The summed E-state index contributed by atoms with van der Waals surface area (Å²) in [4.78, 5) is 6.48. The fourth-order valence-corrected chi connectivity index (χ4v) is 3.63. The van der Waals surface area contributed by atoms with Gasteiger partial charge in [-0.15, -0.1) is 0 Å². The van der Waals surface area contributed by atoms with E-state index >= 15 is 0 Å². The van der Waals surface area contributed by atoms with Crippen LogP contribution >= 0.6 is 0 Å². The Labute approximate surface area is 178 Å². The van der Waals surface area contributed by atoms with Gasteiger partial charge in [-0.1, -0.05) is 61.5 Å². The number of likely N-dealkylation sites (N-methyl/N-ethyl adjacent to an activating group) is 1. The Balaban J connectivity index is 1.24. The molecule has 0 bridgehead atoms. The molecule has 0 amide bonds. The van der Waals surface area contributed by atoms with Crippen LogP contribution in [0.15, 0.2) is 83.3 Å². The number of hydrogen-bond donors (Lipinski definition) is 0. The number of aromatic nitrogens is 1. The highest BCUT2D eigenvalue weighted by atomic mass is 16.5. The highest BCUT2D eigenvalue weighted by Crippen LogP contribution is 2.21. The number of fused-ring (bicyclic) bond motifs is 1. The third-order valence-electron chi connectivity index (χ3n) is 5.24. The molecule has 1 aromatic heterocycles. The molecule has 1 unspecified atom stereocenters. The molecule has 3 aromatic carbocycles. The number of benzene rings is 3. The van der Waals surface area contributed by atoms with E-state index in [-0.39, 0.29) is 0 Å². The van der Waals surface area contributed by atoms with Crippen LogP contribution in [-0.4, -0.2) is 25.2 Å². The van der Waals surface area contributed by atoms with Crippen molar-refractivity contribution in [3.05, 3.63) is 90.0 Å². The highest BCUT2D eigenvalue weighted by Gasteiger charge is 2.10. The van der Waals surface area contributed by atoms with Crippen LogP contribution in [0.1, 0.15) is 18.1 Å². The van der Waals surface area contributed by atoms with Gasteiger partial charge in [-0.2, -0.15) is 4.98 Å². The molecule has 1 heterocycles. The van der Waals surface area contributed by atoms with E-state index in [1.807, 2.05) is 36.2 Å². The molecule has 0 fully saturated rings. The topological polar surface area (TPSA) is 38.5 Å². The molecule has 4 aromatic rings. The average Bonchev–Trinajstić information content (AvgIpc) is 3.20. The smallest absolute Gasteiger partial charge is 0.298 e. The Morgan fingerprint density at radius 1 is 0.867 bits per heavy atom. The highest BCUT2D eigenvalue weighted by molar-refractivity contribution is 5.74. The molecular weight excluding hydrogens is 372 g/mol. The van der Waals surface area contributed by atoms with E-state index in [2.05, 4.69) is 66.5 Å². The maximum atomic E-state index is 5.92. The van der Waals surface area contributed by atoms with E-state index in [9.17, 15) is 0 Å². The number of anilines is 1. The minimum absolute atomic E-state index is 0.568. The maximum absolute atomic E-state index is 5.92. The molecule has 4 rings (SSSR count). The van der Waals surface area contributed by atoms with Crippen molar-refractivity contribution < 1.29 is 9.15 Å². The minimum Gasteiger partial charge on any atom is -0.492 e. The van der Waals surface area contributed by atoms with Crippen molar-refractivity contribution in [2.45, 2.75) is 19.8 Å². The van der Waals surface area contributed by atoms with Gasteiger partial charge in [-0.05, 0) is 54.2 Å². The lowest BCUT2D eigenvalue weighted by Crippen LogP contribution is -2.23. The lowest BCUT2D eigenvalue weighted by Gasteiger charge is -2.15. The van der Waals surface area contributed by atoms with Gasteiger partial charge in [-0.3, -0.25) is 0 Å². The summed E-state index contributed by atoms with van der Waals surface area (Å²) in [7, 11) is 1.96. The molecule has 0 N–H and O–H groups in total. The first kappa shape index (κ1) is 20.0. The second-order valence-electron chi connectivity index (χ2n) is 7.88. The van der Waals surface area contributed by atoms with E-state index in [0.29, 0.717) is 25.1 Å². The fourth-order valence-electron chi connectivity index (χ4n) is 3.63. The molecule has 0 saturated heterocycles. The summed E-state index contributed by atoms with van der Waals surface area (Å²) in [5.74, 6) is 1.49. The first-order valence-electron chi connectivity index (χ1n) is 10.5. The summed E-state index contributed by atoms with van der Waals surface area (Å²) in [5, 5.41) is 0. The molecule has 30 heavy (non-hydrogen) atoms. The largest absolute Gasteiger partial charge is 0.492 e. The van der Waals surface area contributed by atoms with Gasteiger partial charge in [0.05, 0.1) is 6.54 Å². The van der Waals surface area contributed by atoms with Crippen molar-refractivity contribution >= 4 is 17.1 Å². The molecular formula is C26H28N2O2. The zero-order valence-electron chi connectivity index (χ0n) is 17.6. The summed E-state index contributed by atoms with van der Waals surface area (Å²) in [5.41, 5.74) is 4.41. The Hall–Kier alpha value is -3.27. The van der Waals surface area contributed by atoms with E-state index < -0.39 is 0 Å². The predicted molar refractivity (Wildman–Crippen MR) is 122 cm³/mol. The van der Waals surface area contributed by atoms with E-state index in [4.69, 9.17) is 9.15 Å². The van der Waals surface area contributed by atoms with Crippen molar-refractivity contribution in [2.75, 3.05) is 25.1 Å². The number of nitrogens with zero attached hydrogens (tertiary/aromatic N) is 2. The van der Waals surface area contributed by atoms with E-state index in [1.54, 1.807) is 0 Å². The third-order valence-corrected chi connectivity index (χ3v) is 5.24. The second-order valence-corrected chi connectivity index (χ2v) is 7.88. The number of rotatable bonds is 9. The zero-order chi connectivity index (χ0) is 20.8. The average molecular weight is 401 g/mol. The van der Waals surface area contributed by atoms with Gasteiger partial charge in [0.25, 0.3) is 6.01 Å². The normalized spacial score (nSPS) is 12.1. The molecule has 0 aliphatic carbocycles. The number of para-hydroxylation sites is 2. The summed E-state index contributed by atoms with van der Waals surface area (Å²) in [6, 6.07) is 27.5. The van der Waals surface area contributed by atoms with Crippen LogP contribution in [0, 0.1) is 5.92 Å². The van der Waals surface area contributed by atoms with Crippen LogP contribution in [0.3, 0.4) is 0 Å². The summed E-state index contributed by atoms with van der Waals surface area (Å²) >= 11 is 0. The van der Waals surface area contributed by atoms with Gasteiger partial charge in [0.2, 0.25) is 0 Å². The van der Waals surface area contributed by atoms with Gasteiger partial charge in [0.1, 0.15) is 17.9 Å². The van der Waals surface area contributed by atoms with Crippen molar-refractivity contribution in [3.8, 4) is 5.75 Å². The van der Waals surface area contributed by atoms with Crippen molar-refractivity contribution in [3.63, 3.8) is 0 Å². The Morgan fingerprint density at radius 3 is 2.27 bits per heavy atom. The van der Waals surface area contributed by atoms with Gasteiger partial charge in [-0.25, -0.2) is 0 Å². The first-order chi connectivity index (χ1) is 14.7. The van der Waals surface area contributed by atoms with Crippen molar-refractivity contribution in [1.29, 1.82) is 0 Å². The molecule has 0 aliphatic rings. The zero-order valence-corrected chi connectivity index (χ0v) is 17.6. The molecule has 4 heteroatoms. The molecule has 1 atom stereocenters. The molecule has 0 aliphatic heterocycles. The summed E-state index contributed by atoms with van der Waals surface area (Å²) in [6.07, 6.45) is 2.16. The SMILES string of the molecule is CC(Cc1ccccc1)Cc1ccc(OCCN(C)c2nc3ccccc3o2)cc1. The van der Waals surface area contributed by atoms with Crippen LogP contribution < -0.4 is 9.64 Å². The molecule has 154 valence electrons. The van der Waals surface area contributed by atoms with Crippen molar-refractivity contribution in [1.82, 2.24) is 4.98 Å². The van der Waals surface area contributed by atoms with Gasteiger partial charge in [0, 0.05) is 7.05 Å². The lowest BCUT2D eigenvalue weighted by molar-refractivity contribution is 0.323. The Kier molecular flexibility index (Phi) is 6.33. The maximum Gasteiger partial charge on any atom is 0.298 e. The Bertz CT molecular complexity index is 1020. The minimum atomic E-state index is 0.568. The molecule has 0 saturated carbocycles. The lowest BCUT2D eigenvalue weighted by atomic mass is 9.94. The van der Waals surface area contributed by atoms with Gasteiger partial charge >= 0.3 is 0 Å². The van der Waals surface area contributed by atoms with E-state index in [0.717, 1.165) is 29.7 Å². The first-order valence-corrected chi connectivity index (χ1v) is 10.5. The number of hydrogen-bond acceptors (Lipinski definition) is 4. The Morgan fingerprint density at radius 2 is 1.53 bits per heavy atom. The van der Waals surface area contributed by atoms with Crippen LogP contribution in [0.25, 0.3) is 11.1 Å². The molecule has 4 nitrogen and oxygen atoms in total. The second kappa shape index (κ2) is 9.49. The van der Waals surface area contributed by atoms with Crippen LogP contribution in [-0.2, 0) is 12.8 Å². The predicted octanol–water partition coefficient (Wildman–Crippen LogP) is 5.76. The van der Waals surface area contributed by atoms with Gasteiger partial charge < -0.3 is 14.1 Å². The molecule has 0 radical (unpaired) electrons. The standard InChI is InChI=1S/C26H28N2O2/c1-20(18-21-8-4-3-5-9-21)19-22-12-14-23(15-13-22)29-17-16-28(2)26-27-24-10-6-7-11-25(24)30-26/h3-15,20H,16-19H2,1-2H3. The third kappa shape index (κ3) is 5.20. The molecule has 0 spiro atoms. The fraction of sp³-hybridized carbons (Fsp3) is 0.269. The summed E-state index contributed by atoms with van der Waals surface area (Å²) < 4.78 is 11.7. The number of oxazole rings is 1. The van der Waals surface area contributed by atoms with Crippen LogP contribution in [0.4, 0.5) is 6.01 Å². The van der Waals surface area contributed by atoms with Crippen molar-refractivity contribution in [2.24, 2.45) is 5.92 Å².